The lowest BCUT2D eigenvalue weighted by Gasteiger charge is -2.33. The van der Waals surface area contributed by atoms with Crippen LogP contribution >= 0.6 is 35.7 Å². The van der Waals surface area contributed by atoms with Crippen molar-refractivity contribution in [2.75, 3.05) is 25.1 Å². The maximum atomic E-state index is 10.4. The monoisotopic (exact) mass is 439 g/mol. The molecule has 3 fully saturated rings. The van der Waals surface area contributed by atoms with Crippen LogP contribution in [0.1, 0.15) is 44.9 Å². The van der Waals surface area contributed by atoms with Gasteiger partial charge in [0.25, 0.3) is 0 Å². The lowest BCUT2D eigenvalue weighted by Crippen LogP contribution is -2.50. The highest BCUT2D eigenvalue weighted by Crippen LogP contribution is 2.42. The van der Waals surface area contributed by atoms with Crippen molar-refractivity contribution >= 4 is 41.7 Å². The van der Waals surface area contributed by atoms with Crippen LogP contribution in [0.15, 0.2) is 4.99 Å². The van der Waals surface area contributed by atoms with E-state index in [2.05, 4.69) is 15.6 Å². The summed E-state index contributed by atoms with van der Waals surface area (Å²) < 4.78 is 0. The summed E-state index contributed by atoms with van der Waals surface area (Å²) in [6.45, 7) is 0.610. The van der Waals surface area contributed by atoms with E-state index in [-0.39, 0.29) is 24.0 Å². The van der Waals surface area contributed by atoms with Gasteiger partial charge in [0.15, 0.2) is 5.96 Å². The predicted octanol–water partition coefficient (Wildman–Crippen LogP) is 2.61. The summed E-state index contributed by atoms with van der Waals surface area (Å²) in [6, 6.07) is 0.558. The molecule has 1 heterocycles. The van der Waals surface area contributed by atoms with Crippen LogP contribution in [0.4, 0.5) is 0 Å². The first kappa shape index (κ1) is 18.6. The molecular formula is C16H30IN3OS. The Hall–Kier alpha value is 0.310. The minimum atomic E-state index is -0.550. The fraction of sp³-hybridized carbons (Fsp3) is 0.938. The lowest BCUT2D eigenvalue weighted by molar-refractivity contribution is 0.0723. The summed E-state index contributed by atoms with van der Waals surface area (Å²) in [6.07, 6.45) is 9.13. The molecule has 1 aliphatic heterocycles. The van der Waals surface area contributed by atoms with Gasteiger partial charge in [-0.05, 0) is 43.3 Å². The van der Waals surface area contributed by atoms with Gasteiger partial charge in [-0.3, -0.25) is 4.99 Å². The number of guanidine groups is 1. The second kappa shape index (κ2) is 8.42. The molecular weight excluding hydrogens is 409 g/mol. The lowest BCUT2D eigenvalue weighted by atomic mass is 9.79. The van der Waals surface area contributed by atoms with Crippen LogP contribution in [-0.2, 0) is 0 Å². The first-order valence-electron chi connectivity index (χ1n) is 8.46. The van der Waals surface area contributed by atoms with Crippen LogP contribution in [-0.4, -0.2) is 47.8 Å². The highest BCUT2D eigenvalue weighted by Gasteiger charge is 2.35. The van der Waals surface area contributed by atoms with Gasteiger partial charge in [-0.2, -0.15) is 11.8 Å². The Labute approximate surface area is 155 Å². The minimum absolute atomic E-state index is 0. The highest BCUT2D eigenvalue weighted by molar-refractivity contribution is 14.0. The molecule has 2 saturated carbocycles. The Kier molecular flexibility index (Phi) is 7.14. The summed E-state index contributed by atoms with van der Waals surface area (Å²) in [5, 5.41) is 17.3. The Bertz CT molecular complexity index is 388. The smallest absolute Gasteiger partial charge is 0.191 e. The molecule has 0 bridgehead atoms. The number of halogens is 1. The first-order chi connectivity index (χ1) is 10.2. The quantitative estimate of drug-likeness (QED) is 0.360. The summed E-state index contributed by atoms with van der Waals surface area (Å²) >= 11 is 1.84. The number of nitrogens with zero attached hydrogens (tertiary/aromatic N) is 1. The molecule has 0 amide bonds. The number of rotatable bonds is 3. The minimum Gasteiger partial charge on any atom is -0.387 e. The molecule has 4 atom stereocenters. The molecule has 3 aliphatic rings. The van der Waals surface area contributed by atoms with Gasteiger partial charge in [-0.25, -0.2) is 0 Å². The van der Waals surface area contributed by atoms with Crippen LogP contribution in [0.5, 0.6) is 0 Å². The molecule has 128 valence electrons. The van der Waals surface area contributed by atoms with E-state index in [9.17, 15) is 5.11 Å². The third-order valence-corrected chi connectivity index (χ3v) is 6.76. The zero-order valence-corrected chi connectivity index (χ0v) is 16.7. The molecule has 1 saturated heterocycles. The third-order valence-electron chi connectivity index (χ3n) is 5.52. The molecule has 6 heteroatoms. The number of hydrogen-bond donors (Lipinski definition) is 3. The molecule has 3 rings (SSSR count). The Morgan fingerprint density at radius 2 is 2.09 bits per heavy atom. The molecule has 0 radical (unpaired) electrons. The number of fused-ring (bicyclic) bond motifs is 1. The Morgan fingerprint density at radius 1 is 1.27 bits per heavy atom. The summed E-state index contributed by atoms with van der Waals surface area (Å²) in [5.74, 6) is 4.70. The summed E-state index contributed by atoms with van der Waals surface area (Å²) in [5.41, 5.74) is -0.550. The molecule has 0 aromatic carbocycles. The van der Waals surface area contributed by atoms with Crippen molar-refractivity contribution in [3.05, 3.63) is 0 Å². The molecule has 0 aromatic heterocycles. The average Bonchev–Trinajstić information content (AvgIpc) is 3.12. The second-order valence-corrected chi connectivity index (χ2v) is 8.16. The van der Waals surface area contributed by atoms with E-state index in [1.54, 1.807) is 0 Å². The van der Waals surface area contributed by atoms with Crippen molar-refractivity contribution < 1.29 is 5.11 Å². The normalized spacial score (nSPS) is 38.3. The molecule has 2 aliphatic carbocycles. The van der Waals surface area contributed by atoms with E-state index < -0.39 is 5.60 Å². The van der Waals surface area contributed by atoms with Crippen LogP contribution in [0.2, 0.25) is 0 Å². The Balaban J connectivity index is 0.00000176. The van der Waals surface area contributed by atoms with E-state index >= 15 is 0 Å². The van der Waals surface area contributed by atoms with Crippen molar-refractivity contribution in [2.24, 2.45) is 16.8 Å². The van der Waals surface area contributed by atoms with Gasteiger partial charge < -0.3 is 15.7 Å². The molecule has 0 aromatic rings. The van der Waals surface area contributed by atoms with E-state index in [0.717, 1.165) is 35.7 Å². The summed E-state index contributed by atoms with van der Waals surface area (Å²) in [7, 11) is 1.82. The molecule has 0 spiro atoms. The topological polar surface area (TPSA) is 56.7 Å². The SMILES string of the molecule is CN=C(NCC1(O)CCSC1)NC1CCC2CCCC2C1.I. The molecule has 22 heavy (non-hydrogen) atoms. The van der Waals surface area contributed by atoms with Crippen molar-refractivity contribution in [3.8, 4) is 0 Å². The number of aliphatic imine (C=N–C) groups is 1. The maximum Gasteiger partial charge on any atom is 0.191 e. The largest absolute Gasteiger partial charge is 0.387 e. The van der Waals surface area contributed by atoms with Gasteiger partial charge in [0.2, 0.25) is 0 Å². The van der Waals surface area contributed by atoms with Crippen molar-refractivity contribution in [3.63, 3.8) is 0 Å². The van der Waals surface area contributed by atoms with Crippen molar-refractivity contribution in [1.29, 1.82) is 0 Å². The van der Waals surface area contributed by atoms with Gasteiger partial charge in [-0.1, -0.05) is 19.3 Å². The van der Waals surface area contributed by atoms with Gasteiger partial charge in [0.1, 0.15) is 0 Å². The zero-order chi connectivity index (χ0) is 14.7. The van der Waals surface area contributed by atoms with E-state index in [1.165, 1.54) is 38.5 Å². The number of nitrogens with one attached hydrogen (secondary N) is 2. The number of thioether (sulfide) groups is 1. The Morgan fingerprint density at radius 3 is 2.82 bits per heavy atom. The van der Waals surface area contributed by atoms with E-state index in [1.807, 2.05) is 18.8 Å². The van der Waals surface area contributed by atoms with E-state index in [4.69, 9.17) is 0 Å². The van der Waals surface area contributed by atoms with Gasteiger partial charge in [0, 0.05) is 25.4 Å². The van der Waals surface area contributed by atoms with Crippen LogP contribution in [0.3, 0.4) is 0 Å². The maximum absolute atomic E-state index is 10.4. The number of aliphatic hydroxyl groups is 1. The van der Waals surface area contributed by atoms with Gasteiger partial charge in [0.05, 0.1) is 5.60 Å². The predicted molar refractivity (Wildman–Crippen MR) is 105 cm³/mol. The third kappa shape index (κ3) is 4.66. The van der Waals surface area contributed by atoms with E-state index in [0.29, 0.717) is 12.6 Å². The standard InChI is InChI=1S/C16H29N3OS.HI/c1-17-15(18-10-16(20)7-8-21-11-16)19-14-6-5-12-3-2-4-13(12)9-14;/h12-14,20H,2-11H2,1H3,(H2,17,18,19);1H. The van der Waals surface area contributed by atoms with Gasteiger partial charge in [-0.15, -0.1) is 24.0 Å². The van der Waals surface area contributed by atoms with Gasteiger partial charge >= 0.3 is 0 Å². The highest BCUT2D eigenvalue weighted by atomic mass is 127. The zero-order valence-electron chi connectivity index (χ0n) is 13.5. The second-order valence-electron chi connectivity index (χ2n) is 7.06. The molecule has 4 unspecified atom stereocenters. The molecule has 4 nitrogen and oxygen atoms in total. The fourth-order valence-corrected chi connectivity index (χ4v) is 5.50. The summed E-state index contributed by atoms with van der Waals surface area (Å²) in [4.78, 5) is 4.34. The van der Waals surface area contributed by atoms with Crippen LogP contribution in [0, 0.1) is 11.8 Å². The fourth-order valence-electron chi connectivity index (χ4n) is 4.21. The van der Waals surface area contributed by atoms with Crippen LogP contribution < -0.4 is 10.6 Å². The number of hydrogen-bond acceptors (Lipinski definition) is 3. The average molecular weight is 439 g/mol. The van der Waals surface area contributed by atoms with Crippen molar-refractivity contribution in [1.82, 2.24) is 10.6 Å². The van der Waals surface area contributed by atoms with Crippen molar-refractivity contribution in [2.45, 2.75) is 56.6 Å². The van der Waals surface area contributed by atoms with Crippen LogP contribution in [0.25, 0.3) is 0 Å². The first-order valence-corrected chi connectivity index (χ1v) is 9.61. The molecule has 3 N–H and O–H groups in total.